The number of morpholine rings is 1. The second kappa shape index (κ2) is 3.37. The van der Waals surface area contributed by atoms with Gasteiger partial charge in [-0.1, -0.05) is 0 Å². The third-order valence-electron chi connectivity index (χ3n) is 1.37. The molecule has 0 aromatic heterocycles. The zero-order valence-electron chi connectivity index (χ0n) is 5.09. The molecule has 1 heterocycles. The molecule has 0 aliphatic carbocycles. The fourth-order valence-corrected chi connectivity index (χ4v) is 0.963. The van der Waals surface area contributed by atoms with E-state index in [1.807, 2.05) is 0 Å². The van der Waals surface area contributed by atoms with E-state index in [-0.39, 0.29) is 12.6 Å². The molecule has 1 N–H and O–H groups in total. The molecule has 1 saturated heterocycles. The fourth-order valence-electron chi connectivity index (χ4n) is 0.776. The monoisotopic (exact) mass is 151 g/mol. The quantitative estimate of drug-likeness (QED) is 0.529. The number of aliphatic hydroxyl groups excluding tert-OH is 1. The van der Waals surface area contributed by atoms with Gasteiger partial charge in [0.1, 0.15) is 0 Å². The van der Waals surface area contributed by atoms with E-state index in [0.717, 1.165) is 0 Å². The number of ether oxygens (including phenoxy) is 1. The maximum Gasteiger partial charge on any atom is 0.0717 e. The summed E-state index contributed by atoms with van der Waals surface area (Å²) in [5, 5.41) is 8.66. The van der Waals surface area contributed by atoms with Crippen LogP contribution in [0.25, 0.3) is 0 Å². The average Bonchev–Trinajstić information content (AvgIpc) is 1.89. The van der Waals surface area contributed by atoms with Crippen molar-refractivity contribution in [2.24, 2.45) is 0 Å². The summed E-state index contributed by atoms with van der Waals surface area (Å²) in [6, 6.07) is -0.0135. The molecular formula is C5H10ClNO2. The highest BCUT2D eigenvalue weighted by atomic mass is 35.5. The van der Waals surface area contributed by atoms with Gasteiger partial charge in [0.05, 0.1) is 25.9 Å². The number of hydrogen-bond donors (Lipinski definition) is 1. The van der Waals surface area contributed by atoms with Crippen LogP contribution in [0, 0.1) is 0 Å². The molecule has 54 valence electrons. The summed E-state index contributed by atoms with van der Waals surface area (Å²) in [6.07, 6.45) is 0. The molecule has 1 fully saturated rings. The normalized spacial score (nSPS) is 30.7. The third kappa shape index (κ3) is 1.79. The molecule has 0 aromatic rings. The summed E-state index contributed by atoms with van der Waals surface area (Å²) in [6.45, 7) is 1.98. The molecule has 0 radical (unpaired) electrons. The van der Waals surface area contributed by atoms with E-state index >= 15 is 0 Å². The molecule has 0 bridgehead atoms. The summed E-state index contributed by atoms with van der Waals surface area (Å²) in [5.41, 5.74) is 0. The molecule has 0 unspecified atom stereocenters. The summed E-state index contributed by atoms with van der Waals surface area (Å²) in [7, 11) is 0. The topological polar surface area (TPSA) is 32.7 Å². The Labute approximate surface area is 59.3 Å². The highest BCUT2D eigenvalue weighted by Gasteiger charge is 2.19. The molecular weight excluding hydrogens is 142 g/mol. The van der Waals surface area contributed by atoms with E-state index in [4.69, 9.17) is 21.6 Å². The number of nitrogens with zero attached hydrogens (tertiary/aromatic N) is 1. The Morgan fingerprint density at radius 2 is 2.56 bits per heavy atom. The Kier molecular flexibility index (Phi) is 2.72. The maximum absolute atomic E-state index is 8.66. The van der Waals surface area contributed by atoms with Crippen molar-refractivity contribution in [3.63, 3.8) is 0 Å². The van der Waals surface area contributed by atoms with E-state index < -0.39 is 0 Å². The lowest BCUT2D eigenvalue weighted by Gasteiger charge is -2.27. The minimum absolute atomic E-state index is 0.0135. The van der Waals surface area contributed by atoms with Crippen LogP contribution >= 0.6 is 11.8 Å². The van der Waals surface area contributed by atoms with Crippen LogP contribution in [-0.4, -0.2) is 41.9 Å². The Bertz CT molecular complexity index is 91.0. The largest absolute Gasteiger partial charge is 0.395 e. The minimum atomic E-state index is -0.0135. The van der Waals surface area contributed by atoms with Crippen LogP contribution in [0.5, 0.6) is 0 Å². The van der Waals surface area contributed by atoms with Crippen LogP contribution in [0.1, 0.15) is 0 Å². The van der Waals surface area contributed by atoms with Crippen molar-refractivity contribution in [1.82, 2.24) is 4.42 Å². The zero-order chi connectivity index (χ0) is 6.69. The number of halogens is 1. The molecule has 0 saturated carbocycles. The van der Waals surface area contributed by atoms with Gasteiger partial charge in [0.15, 0.2) is 0 Å². The highest BCUT2D eigenvalue weighted by Crippen LogP contribution is 2.07. The van der Waals surface area contributed by atoms with Gasteiger partial charge in [-0.25, -0.2) is 4.42 Å². The van der Waals surface area contributed by atoms with Crippen molar-refractivity contribution >= 4 is 11.8 Å². The Morgan fingerprint density at radius 1 is 1.78 bits per heavy atom. The first kappa shape index (κ1) is 7.28. The van der Waals surface area contributed by atoms with Crippen molar-refractivity contribution in [2.45, 2.75) is 6.04 Å². The van der Waals surface area contributed by atoms with Crippen LogP contribution in [-0.2, 0) is 4.74 Å². The highest BCUT2D eigenvalue weighted by molar-refractivity contribution is 6.13. The number of rotatable bonds is 1. The molecule has 3 nitrogen and oxygen atoms in total. The van der Waals surface area contributed by atoms with Gasteiger partial charge in [-0.3, -0.25) is 0 Å². The Hall–Kier alpha value is 0.170. The van der Waals surface area contributed by atoms with Gasteiger partial charge < -0.3 is 9.84 Å². The average molecular weight is 152 g/mol. The van der Waals surface area contributed by atoms with Crippen molar-refractivity contribution in [3.8, 4) is 0 Å². The number of aliphatic hydroxyl groups is 1. The van der Waals surface area contributed by atoms with Gasteiger partial charge in [0.25, 0.3) is 0 Å². The predicted octanol–water partition coefficient (Wildman–Crippen LogP) is -0.167. The van der Waals surface area contributed by atoms with Crippen LogP contribution in [0.2, 0.25) is 0 Å². The molecule has 4 heteroatoms. The maximum atomic E-state index is 8.66. The van der Waals surface area contributed by atoms with E-state index in [1.165, 1.54) is 0 Å². The lowest BCUT2D eigenvalue weighted by Crippen LogP contribution is -2.41. The zero-order valence-corrected chi connectivity index (χ0v) is 5.84. The van der Waals surface area contributed by atoms with Gasteiger partial charge in [-0.05, 0) is 11.8 Å². The molecule has 1 rings (SSSR count). The molecule has 1 aliphatic rings. The van der Waals surface area contributed by atoms with Crippen LogP contribution in [0.3, 0.4) is 0 Å². The minimum Gasteiger partial charge on any atom is -0.395 e. The van der Waals surface area contributed by atoms with Gasteiger partial charge in [0.2, 0.25) is 0 Å². The van der Waals surface area contributed by atoms with Crippen LogP contribution in [0.4, 0.5) is 0 Å². The van der Waals surface area contributed by atoms with Crippen molar-refractivity contribution < 1.29 is 9.84 Å². The van der Waals surface area contributed by atoms with Gasteiger partial charge in [-0.2, -0.15) is 0 Å². The Balaban J connectivity index is 2.30. The first-order valence-electron chi connectivity index (χ1n) is 2.95. The van der Waals surface area contributed by atoms with E-state index in [0.29, 0.717) is 19.8 Å². The Morgan fingerprint density at radius 3 is 3.00 bits per heavy atom. The van der Waals surface area contributed by atoms with Crippen molar-refractivity contribution in [1.29, 1.82) is 0 Å². The third-order valence-corrected chi connectivity index (χ3v) is 1.81. The summed E-state index contributed by atoms with van der Waals surface area (Å²) in [4.78, 5) is 0. The first-order valence-corrected chi connectivity index (χ1v) is 3.29. The standard InChI is InChI=1S/C5H10ClNO2/c6-7-1-2-9-4-5(7)3-8/h5,8H,1-4H2/t5-/m0/s1. The van der Waals surface area contributed by atoms with E-state index in [9.17, 15) is 0 Å². The molecule has 9 heavy (non-hydrogen) atoms. The van der Waals surface area contributed by atoms with Crippen molar-refractivity contribution in [3.05, 3.63) is 0 Å². The summed E-state index contributed by atoms with van der Waals surface area (Å²) >= 11 is 5.68. The SMILES string of the molecule is OC[C@H]1COCCN1Cl. The summed E-state index contributed by atoms with van der Waals surface area (Å²) in [5.74, 6) is 0. The lowest BCUT2D eigenvalue weighted by molar-refractivity contribution is 0.0118. The molecule has 0 spiro atoms. The van der Waals surface area contributed by atoms with Gasteiger partial charge >= 0.3 is 0 Å². The lowest BCUT2D eigenvalue weighted by atomic mass is 10.3. The molecule has 0 aromatic carbocycles. The smallest absolute Gasteiger partial charge is 0.0717 e. The fraction of sp³-hybridized carbons (Fsp3) is 1.00. The molecule has 0 amide bonds. The molecule has 1 aliphatic heterocycles. The molecule has 1 atom stereocenters. The van der Waals surface area contributed by atoms with Crippen LogP contribution < -0.4 is 0 Å². The van der Waals surface area contributed by atoms with Gasteiger partial charge in [-0.15, -0.1) is 0 Å². The second-order valence-electron chi connectivity index (χ2n) is 2.03. The van der Waals surface area contributed by atoms with Gasteiger partial charge in [0, 0.05) is 6.54 Å². The van der Waals surface area contributed by atoms with E-state index in [2.05, 4.69) is 0 Å². The van der Waals surface area contributed by atoms with E-state index in [1.54, 1.807) is 4.42 Å². The van der Waals surface area contributed by atoms with Crippen LogP contribution in [0.15, 0.2) is 0 Å². The predicted molar refractivity (Wildman–Crippen MR) is 34.3 cm³/mol. The first-order chi connectivity index (χ1) is 4.34. The number of hydrogen-bond acceptors (Lipinski definition) is 3. The summed E-state index contributed by atoms with van der Waals surface area (Å²) < 4.78 is 6.64. The second-order valence-corrected chi connectivity index (χ2v) is 2.47. The van der Waals surface area contributed by atoms with Crippen molar-refractivity contribution in [2.75, 3.05) is 26.4 Å².